The third-order valence-electron chi connectivity index (χ3n) is 2.94. The molecule has 1 rings (SSSR count). The Bertz CT molecular complexity index is 428. The molecule has 0 radical (unpaired) electrons. The summed E-state index contributed by atoms with van der Waals surface area (Å²) in [7, 11) is 1.68. The van der Waals surface area contributed by atoms with Gasteiger partial charge in [0.15, 0.2) is 0 Å². The number of methoxy groups -OCH3 is 1. The van der Waals surface area contributed by atoms with E-state index in [0.29, 0.717) is 11.8 Å². The maximum absolute atomic E-state index is 6.04. The highest BCUT2D eigenvalue weighted by Gasteiger charge is 2.16. The second kappa shape index (κ2) is 6.57. The van der Waals surface area contributed by atoms with Gasteiger partial charge in [-0.3, -0.25) is 0 Å². The Kier molecular flexibility index (Phi) is 5.38. The molecule has 0 aromatic heterocycles. The van der Waals surface area contributed by atoms with Gasteiger partial charge in [-0.2, -0.15) is 0 Å². The highest BCUT2D eigenvalue weighted by atomic mass is 35.5. The summed E-state index contributed by atoms with van der Waals surface area (Å²) in [5.74, 6) is 7.86. The Morgan fingerprint density at radius 3 is 2.65 bits per heavy atom. The summed E-state index contributed by atoms with van der Waals surface area (Å²) >= 11 is 6.04. The summed E-state index contributed by atoms with van der Waals surface area (Å²) in [6.45, 7) is 6.35. The van der Waals surface area contributed by atoms with E-state index in [1.54, 1.807) is 7.11 Å². The first-order valence-corrected chi connectivity index (χ1v) is 6.29. The average molecular weight is 251 g/mol. The zero-order valence-electron chi connectivity index (χ0n) is 10.9. The smallest absolute Gasteiger partial charge is 0.122 e. The van der Waals surface area contributed by atoms with E-state index in [2.05, 4.69) is 32.6 Å². The van der Waals surface area contributed by atoms with Crippen LogP contribution >= 0.6 is 11.6 Å². The van der Waals surface area contributed by atoms with Gasteiger partial charge in [-0.05, 0) is 29.7 Å². The van der Waals surface area contributed by atoms with Crippen LogP contribution in [0.15, 0.2) is 18.2 Å². The molecule has 2 heteroatoms. The molecule has 0 heterocycles. The number of hydrogen-bond donors (Lipinski definition) is 0. The lowest BCUT2D eigenvalue weighted by Crippen LogP contribution is -2.06. The monoisotopic (exact) mass is 250 g/mol. The molecule has 92 valence electrons. The minimum atomic E-state index is 0.294. The molecule has 1 nitrogen and oxygen atoms in total. The van der Waals surface area contributed by atoms with Gasteiger partial charge in [0.1, 0.15) is 5.75 Å². The van der Waals surface area contributed by atoms with Crippen molar-refractivity contribution in [1.29, 1.82) is 0 Å². The predicted octanol–water partition coefficient (Wildman–Crippen LogP) is 4.50. The topological polar surface area (TPSA) is 9.23 Å². The van der Waals surface area contributed by atoms with Crippen molar-refractivity contribution in [2.75, 3.05) is 7.11 Å². The Hall–Kier alpha value is -1.13. The molecule has 1 aromatic rings. The zero-order valence-corrected chi connectivity index (χ0v) is 11.6. The third-order valence-corrected chi connectivity index (χ3v) is 3.17. The fourth-order valence-electron chi connectivity index (χ4n) is 1.72. The minimum absolute atomic E-state index is 0.294. The van der Waals surface area contributed by atoms with Gasteiger partial charge >= 0.3 is 0 Å². The second-order valence-electron chi connectivity index (χ2n) is 4.14. The van der Waals surface area contributed by atoms with Crippen molar-refractivity contribution in [3.63, 3.8) is 0 Å². The van der Waals surface area contributed by atoms with E-state index in [-0.39, 0.29) is 0 Å². The Morgan fingerprint density at radius 1 is 1.35 bits per heavy atom. The van der Waals surface area contributed by atoms with Gasteiger partial charge in [0.05, 0.1) is 7.11 Å². The number of rotatable bonds is 3. The van der Waals surface area contributed by atoms with Crippen LogP contribution in [-0.4, -0.2) is 7.11 Å². The molecule has 0 N–H and O–H groups in total. The lowest BCUT2D eigenvalue weighted by atomic mass is 9.88. The van der Waals surface area contributed by atoms with Gasteiger partial charge in [0, 0.05) is 17.4 Å². The summed E-state index contributed by atoms with van der Waals surface area (Å²) in [4.78, 5) is 0. The first-order chi connectivity index (χ1) is 8.10. The molecule has 2 atom stereocenters. The van der Waals surface area contributed by atoms with Crippen LogP contribution in [0.4, 0.5) is 0 Å². The standard InChI is InChI=1S/C15H19ClO/c1-5-6-7-11(2)12(3)14-10-13(16)8-9-15(14)17-4/h8-12H,5H2,1-4H3. The summed E-state index contributed by atoms with van der Waals surface area (Å²) in [5, 5.41) is 0.739. The van der Waals surface area contributed by atoms with Crippen LogP contribution < -0.4 is 4.74 Å². The molecule has 1 aromatic carbocycles. The summed E-state index contributed by atoms with van der Waals surface area (Å²) in [5.41, 5.74) is 1.12. The van der Waals surface area contributed by atoms with Crippen LogP contribution in [0.1, 0.15) is 38.7 Å². The molecule has 2 unspecified atom stereocenters. The van der Waals surface area contributed by atoms with Crippen molar-refractivity contribution in [3.05, 3.63) is 28.8 Å². The van der Waals surface area contributed by atoms with Crippen LogP contribution in [-0.2, 0) is 0 Å². The van der Waals surface area contributed by atoms with E-state index in [1.807, 2.05) is 18.2 Å². The van der Waals surface area contributed by atoms with Crippen molar-refractivity contribution in [2.24, 2.45) is 5.92 Å². The van der Waals surface area contributed by atoms with E-state index >= 15 is 0 Å². The third kappa shape index (κ3) is 3.68. The lowest BCUT2D eigenvalue weighted by Gasteiger charge is -2.18. The van der Waals surface area contributed by atoms with Gasteiger partial charge in [-0.25, -0.2) is 0 Å². The lowest BCUT2D eigenvalue weighted by molar-refractivity contribution is 0.402. The molecule has 0 spiro atoms. The molecule has 0 saturated carbocycles. The first kappa shape index (κ1) is 13.9. The highest BCUT2D eigenvalue weighted by molar-refractivity contribution is 6.30. The largest absolute Gasteiger partial charge is 0.496 e. The quantitative estimate of drug-likeness (QED) is 0.718. The van der Waals surface area contributed by atoms with E-state index < -0.39 is 0 Å². The van der Waals surface area contributed by atoms with E-state index in [1.165, 1.54) is 0 Å². The Morgan fingerprint density at radius 2 is 2.06 bits per heavy atom. The van der Waals surface area contributed by atoms with Crippen molar-refractivity contribution in [1.82, 2.24) is 0 Å². The van der Waals surface area contributed by atoms with Crippen LogP contribution in [0, 0.1) is 17.8 Å². The number of benzene rings is 1. The fourth-order valence-corrected chi connectivity index (χ4v) is 1.90. The maximum atomic E-state index is 6.04. The van der Waals surface area contributed by atoms with Gasteiger partial charge in [0.25, 0.3) is 0 Å². The minimum Gasteiger partial charge on any atom is -0.496 e. The maximum Gasteiger partial charge on any atom is 0.122 e. The van der Waals surface area contributed by atoms with Crippen molar-refractivity contribution < 1.29 is 4.74 Å². The molecule has 0 aliphatic carbocycles. The van der Waals surface area contributed by atoms with Crippen molar-refractivity contribution in [3.8, 4) is 17.6 Å². The molecule has 0 amide bonds. The van der Waals surface area contributed by atoms with Crippen LogP contribution in [0.25, 0.3) is 0 Å². The van der Waals surface area contributed by atoms with Crippen LogP contribution in [0.5, 0.6) is 5.75 Å². The van der Waals surface area contributed by atoms with Gasteiger partial charge in [-0.15, -0.1) is 5.92 Å². The van der Waals surface area contributed by atoms with Crippen LogP contribution in [0.2, 0.25) is 5.02 Å². The van der Waals surface area contributed by atoms with Gasteiger partial charge in [0.2, 0.25) is 0 Å². The van der Waals surface area contributed by atoms with Gasteiger partial charge < -0.3 is 4.74 Å². The van der Waals surface area contributed by atoms with E-state index in [9.17, 15) is 0 Å². The number of ether oxygens (including phenoxy) is 1. The summed E-state index contributed by atoms with van der Waals surface area (Å²) in [6.07, 6.45) is 0.893. The van der Waals surface area contributed by atoms with Crippen LogP contribution in [0.3, 0.4) is 0 Å². The molecule has 17 heavy (non-hydrogen) atoms. The van der Waals surface area contributed by atoms with Gasteiger partial charge in [-0.1, -0.05) is 38.3 Å². The Balaban J connectivity index is 3.01. The molecule has 0 fully saturated rings. The fraction of sp³-hybridized carbons (Fsp3) is 0.467. The highest BCUT2D eigenvalue weighted by Crippen LogP contribution is 2.33. The summed E-state index contributed by atoms with van der Waals surface area (Å²) < 4.78 is 5.37. The molecular weight excluding hydrogens is 232 g/mol. The molecule has 0 bridgehead atoms. The van der Waals surface area contributed by atoms with Crippen molar-refractivity contribution >= 4 is 11.6 Å². The Labute approximate surface area is 109 Å². The second-order valence-corrected chi connectivity index (χ2v) is 4.57. The number of hydrogen-bond acceptors (Lipinski definition) is 1. The zero-order chi connectivity index (χ0) is 12.8. The normalized spacial score (nSPS) is 13.5. The van der Waals surface area contributed by atoms with E-state index in [4.69, 9.17) is 16.3 Å². The molecule has 0 aliphatic heterocycles. The average Bonchev–Trinajstić information content (AvgIpc) is 2.34. The number of halogens is 1. The molecule has 0 aliphatic rings. The van der Waals surface area contributed by atoms with Crippen molar-refractivity contribution in [2.45, 2.75) is 33.1 Å². The molecular formula is C15H19ClO. The SMILES string of the molecule is CCC#CC(C)C(C)c1cc(Cl)ccc1OC. The van der Waals surface area contributed by atoms with E-state index in [0.717, 1.165) is 22.8 Å². The molecule has 0 saturated heterocycles. The predicted molar refractivity (Wildman–Crippen MR) is 73.7 cm³/mol. The first-order valence-electron chi connectivity index (χ1n) is 5.92. The summed E-state index contributed by atoms with van der Waals surface area (Å²) in [6, 6.07) is 5.72.